The molecule has 1 aliphatic rings. The summed E-state index contributed by atoms with van der Waals surface area (Å²) in [6.07, 6.45) is -5.30. The van der Waals surface area contributed by atoms with Gasteiger partial charge < -0.3 is 15.2 Å². The summed E-state index contributed by atoms with van der Waals surface area (Å²) >= 11 is 0. The number of hydrogen-bond acceptors (Lipinski definition) is 4. The number of halogens is 6. The van der Waals surface area contributed by atoms with Gasteiger partial charge in [0.25, 0.3) is 0 Å². The summed E-state index contributed by atoms with van der Waals surface area (Å²) in [4.78, 5) is 17.0. The number of hydrogen-bond donors (Lipinski definition) is 1. The van der Waals surface area contributed by atoms with E-state index in [1.165, 1.54) is 4.90 Å². The second kappa shape index (κ2) is 7.98. The van der Waals surface area contributed by atoms with Crippen molar-refractivity contribution in [2.24, 2.45) is 5.73 Å². The second-order valence-corrected chi connectivity index (χ2v) is 6.83. The summed E-state index contributed by atoms with van der Waals surface area (Å²) in [6.45, 7) is -0.545. The van der Waals surface area contributed by atoms with Crippen LogP contribution in [0.15, 0.2) is 12.1 Å². The number of nitrogens with zero attached hydrogens (tertiary/aromatic N) is 4. The van der Waals surface area contributed by atoms with E-state index in [4.69, 9.17) is 11.0 Å². The third-order valence-corrected chi connectivity index (χ3v) is 4.73. The largest absolute Gasteiger partial charge is 0.449 e. The molecule has 0 saturated carbocycles. The van der Waals surface area contributed by atoms with Gasteiger partial charge in [-0.15, -0.1) is 0 Å². The standard InChI is InChI=1S/C18H15F6N5O/c19-11-6-13(21)12(20)4-9(11)3-10(26)5-16(30)28-1-2-29-15(8-28)14(7-25)27-17(29)18(22,23)24/h4,6,10H,1-3,5,8,26H2/t10-/m1/s1. The van der Waals surface area contributed by atoms with Crippen molar-refractivity contribution in [3.05, 3.63) is 52.4 Å². The number of fused-ring (bicyclic) bond motifs is 1. The fraction of sp³-hybridized carbons (Fsp3) is 0.389. The molecule has 160 valence electrons. The highest BCUT2D eigenvalue weighted by Crippen LogP contribution is 2.32. The van der Waals surface area contributed by atoms with Crippen molar-refractivity contribution in [1.82, 2.24) is 14.5 Å². The fourth-order valence-electron chi connectivity index (χ4n) is 3.32. The molecule has 1 aromatic heterocycles. The molecule has 30 heavy (non-hydrogen) atoms. The van der Waals surface area contributed by atoms with Crippen molar-refractivity contribution < 1.29 is 31.1 Å². The molecule has 1 atom stereocenters. The number of aromatic nitrogens is 2. The molecule has 0 aliphatic carbocycles. The normalized spacial score (nSPS) is 14.9. The predicted octanol–water partition coefficient (Wildman–Crippen LogP) is 2.49. The van der Waals surface area contributed by atoms with E-state index in [0.29, 0.717) is 12.1 Å². The molecule has 0 bridgehead atoms. The zero-order valence-corrected chi connectivity index (χ0v) is 15.3. The molecule has 1 aliphatic heterocycles. The van der Waals surface area contributed by atoms with Gasteiger partial charge in [-0.05, 0) is 18.1 Å². The Morgan fingerprint density at radius 3 is 2.50 bits per heavy atom. The number of nitrogens with two attached hydrogens (primary N) is 1. The Bertz CT molecular complexity index is 1030. The fourth-order valence-corrected chi connectivity index (χ4v) is 3.32. The second-order valence-electron chi connectivity index (χ2n) is 6.83. The van der Waals surface area contributed by atoms with Gasteiger partial charge >= 0.3 is 6.18 Å². The average molecular weight is 431 g/mol. The first-order valence-corrected chi connectivity index (χ1v) is 8.74. The van der Waals surface area contributed by atoms with Crippen LogP contribution in [0.4, 0.5) is 26.3 Å². The first-order chi connectivity index (χ1) is 14.0. The Hall–Kier alpha value is -3.07. The number of rotatable bonds is 4. The van der Waals surface area contributed by atoms with Crippen molar-refractivity contribution in [2.45, 2.75) is 38.1 Å². The Morgan fingerprint density at radius 1 is 1.20 bits per heavy atom. The molecular weight excluding hydrogens is 416 g/mol. The van der Waals surface area contributed by atoms with E-state index in [9.17, 15) is 31.1 Å². The summed E-state index contributed by atoms with van der Waals surface area (Å²) in [5, 5.41) is 9.07. The molecule has 2 aromatic rings. The minimum Gasteiger partial charge on any atom is -0.335 e. The summed E-state index contributed by atoms with van der Waals surface area (Å²) in [5.41, 5.74) is 5.17. The third kappa shape index (κ3) is 4.25. The molecule has 0 spiro atoms. The van der Waals surface area contributed by atoms with Gasteiger partial charge in [0.1, 0.15) is 11.9 Å². The van der Waals surface area contributed by atoms with Crippen molar-refractivity contribution in [2.75, 3.05) is 6.54 Å². The van der Waals surface area contributed by atoms with Crippen molar-refractivity contribution in [3.8, 4) is 6.07 Å². The van der Waals surface area contributed by atoms with Crippen LogP contribution in [-0.2, 0) is 30.5 Å². The van der Waals surface area contributed by atoms with Crippen molar-refractivity contribution in [3.63, 3.8) is 0 Å². The number of alkyl halides is 3. The van der Waals surface area contributed by atoms with Crippen LogP contribution >= 0.6 is 0 Å². The van der Waals surface area contributed by atoms with Gasteiger partial charge in [-0.1, -0.05) is 0 Å². The minimum absolute atomic E-state index is 0.0374. The van der Waals surface area contributed by atoms with E-state index in [2.05, 4.69) is 4.98 Å². The quantitative estimate of drug-likeness (QED) is 0.595. The minimum atomic E-state index is -4.74. The lowest BCUT2D eigenvalue weighted by Crippen LogP contribution is -2.42. The van der Waals surface area contributed by atoms with E-state index in [1.807, 2.05) is 0 Å². The third-order valence-electron chi connectivity index (χ3n) is 4.73. The Kier molecular flexibility index (Phi) is 5.76. The Morgan fingerprint density at radius 2 is 1.87 bits per heavy atom. The van der Waals surface area contributed by atoms with E-state index >= 15 is 0 Å². The SMILES string of the molecule is N#Cc1nc(C(F)(F)F)n2c1CN(C(=O)C[C@H](N)Cc1cc(F)c(F)cc1F)CC2. The van der Waals surface area contributed by atoms with E-state index < -0.39 is 47.1 Å². The van der Waals surface area contributed by atoms with Gasteiger partial charge in [-0.25, -0.2) is 18.2 Å². The number of imidazole rings is 1. The molecular formula is C18H15F6N5O. The highest BCUT2D eigenvalue weighted by molar-refractivity contribution is 5.77. The van der Waals surface area contributed by atoms with Crippen LogP contribution in [0.2, 0.25) is 0 Å². The molecule has 2 heterocycles. The number of carbonyl (C=O) groups excluding carboxylic acids is 1. The van der Waals surface area contributed by atoms with E-state index in [1.54, 1.807) is 6.07 Å². The van der Waals surface area contributed by atoms with Crippen LogP contribution < -0.4 is 5.73 Å². The smallest absolute Gasteiger partial charge is 0.335 e. The molecule has 0 radical (unpaired) electrons. The van der Waals surface area contributed by atoms with Crippen LogP contribution in [0.3, 0.4) is 0 Å². The monoisotopic (exact) mass is 431 g/mol. The predicted molar refractivity (Wildman–Crippen MR) is 90.0 cm³/mol. The summed E-state index contributed by atoms with van der Waals surface area (Å²) < 4.78 is 80.1. The average Bonchev–Trinajstić information content (AvgIpc) is 3.04. The topological polar surface area (TPSA) is 87.9 Å². The Balaban J connectivity index is 1.70. The molecule has 3 rings (SSSR count). The summed E-state index contributed by atoms with van der Waals surface area (Å²) in [7, 11) is 0. The molecule has 1 aromatic carbocycles. The van der Waals surface area contributed by atoms with Gasteiger partial charge in [-0.3, -0.25) is 4.79 Å². The van der Waals surface area contributed by atoms with Gasteiger partial charge in [0.05, 0.1) is 12.2 Å². The lowest BCUT2D eigenvalue weighted by Gasteiger charge is -2.30. The van der Waals surface area contributed by atoms with Gasteiger partial charge in [0, 0.05) is 31.6 Å². The summed E-state index contributed by atoms with van der Waals surface area (Å²) in [6, 6.07) is 1.69. The number of nitriles is 1. The van der Waals surface area contributed by atoms with Gasteiger partial charge in [0.15, 0.2) is 17.3 Å². The van der Waals surface area contributed by atoms with Crippen molar-refractivity contribution in [1.29, 1.82) is 5.26 Å². The molecule has 0 fully saturated rings. The van der Waals surface area contributed by atoms with Crippen LogP contribution in [0.1, 0.15) is 29.2 Å². The number of amides is 1. The first kappa shape index (κ1) is 21.6. The van der Waals surface area contributed by atoms with Crippen LogP contribution in [0, 0.1) is 28.8 Å². The van der Waals surface area contributed by atoms with Gasteiger partial charge in [-0.2, -0.15) is 18.4 Å². The Labute approximate surface area is 166 Å². The van der Waals surface area contributed by atoms with Crippen LogP contribution in [0.5, 0.6) is 0 Å². The molecule has 6 nitrogen and oxygen atoms in total. The lowest BCUT2D eigenvalue weighted by molar-refractivity contribution is -0.148. The molecule has 0 saturated heterocycles. The van der Waals surface area contributed by atoms with E-state index in [0.717, 1.165) is 4.57 Å². The van der Waals surface area contributed by atoms with Gasteiger partial charge in [0.2, 0.25) is 11.7 Å². The molecule has 2 N–H and O–H groups in total. The molecule has 12 heteroatoms. The van der Waals surface area contributed by atoms with Crippen LogP contribution in [0.25, 0.3) is 0 Å². The van der Waals surface area contributed by atoms with Crippen molar-refractivity contribution >= 4 is 5.91 Å². The summed E-state index contributed by atoms with van der Waals surface area (Å²) in [5.74, 6) is -5.34. The number of carbonyl (C=O) groups is 1. The maximum atomic E-state index is 13.7. The zero-order chi connectivity index (χ0) is 22.2. The van der Waals surface area contributed by atoms with Crippen LogP contribution in [-0.4, -0.2) is 32.9 Å². The number of benzene rings is 1. The lowest BCUT2D eigenvalue weighted by atomic mass is 10.0. The zero-order valence-electron chi connectivity index (χ0n) is 15.3. The highest BCUT2D eigenvalue weighted by atomic mass is 19.4. The first-order valence-electron chi connectivity index (χ1n) is 8.74. The maximum Gasteiger partial charge on any atom is 0.449 e. The molecule has 0 unspecified atom stereocenters. The highest BCUT2D eigenvalue weighted by Gasteiger charge is 2.40. The molecule has 1 amide bonds. The van der Waals surface area contributed by atoms with E-state index in [-0.39, 0.29) is 43.7 Å². The maximum absolute atomic E-state index is 13.7.